The molecule has 0 unspecified atom stereocenters. The largest absolute Gasteiger partial charge is 0.390 e. The van der Waals surface area contributed by atoms with E-state index in [1.807, 2.05) is 42.5 Å². The zero-order chi connectivity index (χ0) is 19.0. The molecule has 0 saturated heterocycles. The molecule has 0 atom stereocenters. The predicted octanol–water partition coefficient (Wildman–Crippen LogP) is 3.19. The summed E-state index contributed by atoms with van der Waals surface area (Å²) in [4.78, 5) is 15.7. The number of fused-ring (bicyclic) bond motifs is 2. The van der Waals surface area contributed by atoms with E-state index in [0.717, 1.165) is 33.9 Å². The summed E-state index contributed by atoms with van der Waals surface area (Å²) in [5.41, 5.74) is 4.93. The summed E-state index contributed by atoms with van der Waals surface area (Å²) >= 11 is 6.24. The Morgan fingerprint density at radius 3 is 2.74 bits per heavy atom. The standard InChI is InChI=1S/C20H17ClN4O2/c1-12(27)22-16-6-3-13(4-7-16)20-18-9-15(21)5-2-14(18)8-19-23-17(11-26)10-25(19)24-20/h2-7,9-10,26H,8,11H2,1H3,(H,22,27). The van der Waals surface area contributed by atoms with E-state index in [9.17, 15) is 9.90 Å². The highest BCUT2D eigenvalue weighted by atomic mass is 35.5. The van der Waals surface area contributed by atoms with Crippen LogP contribution in [0.3, 0.4) is 0 Å². The predicted molar refractivity (Wildman–Crippen MR) is 104 cm³/mol. The summed E-state index contributed by atoms with van der Waals surface area (Å²) in [7, 11) is 0. The van der Waals surface area contributed by atoms with Crippen LogP contribution in [0, 0.1) is 0 Å². The van der Waals surface area contributed by atoms with Crippen LogP contribution in [0.1, 0.15) is 35.1 Å². The van der Waals surface area contributed by atoms with Gasteiger partial charge >= 0.3 is 0 Å². The van der Waals surface area contributed by atoms with E-state index in [4.69, 9.17) is 16.7 Å². The maximum atomic E-state index is 11.2. The molecule has 3 aromatic rings. The summed E-state index contributed by atoms with van der Waals surface area (Å²) < 4.78 is 1.70. The van der Waals surface area contributed by atoms with E-state index in [2.05, 4.69) is 10.3 Å². The van der Waals surface area contributed by atoms with Gasteiger partial charge in [0, 0.05) is 35.2 Å². The Bertz CT molecular complexity index is 1050. The fourth-order valence-corrected chi connectivity index (χ4v) is 3.30. The summed E-state index contributed by atoms with van der Waals surface area (Å²) in [5.74, 6) is 0.638. The molecule has 1 aromatic heterocycles. The van der Waals surface area contributed by atoms with Crippen LogP contribution in [0.25, 0.3) is 0 Å². The lowest BCUT2D eigenvalue weighted by atomic mass is 9.96. The number of aliphatic hydroxyl groups excluding tert-OH is 1. The Balaban J connectivity index is 1.85. The second-order valence-corrected chi connectivity index (χ2v) is 6.77. The Morgan fingerprint density at radius 2 is 2.04 bits per heavy atom. The monoisotopic (exact) mass is 380 g/mol. The highest BCUT2D eigenvalue weighted by Crippen LogP contribution is 2.26. The lowest BCUT2D eigenvalue weighted by molar-refractivity contribution is -0.114. The van der Waals surface area contributed by atoms with Crippen molar-refractivity contribution >= 4 is 28.9 Å². The molecule has 6 nitrogen and oxygen atoms in total. The Morgan fingerprint density at radius 1 is 1.26 bits per heavy atom. The fourth-order valence-electron chi connectivity index (χ4n) is 3.13. The van der Waals surface area contributed by atoms with Crippen molar-refractivity contribution in [3.63, 3.8) is 0 Å². The number of aromatic nitrogens is 2. The molecule has 2 aromatic carbocycles. The minimum Gasteiger partial charge on any atom is -0.390 e. The zero-order valence-corrected chi connectivity index (χ0v) is 15.4. The maximum Gasteiger partial charge on any atom is 0.221 e. The summed E-state index contributed by atoms with van der Waals surface area (Å²) in [6.45, 7) is 1.34. The number of hydrogen-bond acceptors (Lipinski definition) is 4. The number of anilines is 1. The number of benzene rings is 2. The molecule has 2 heterocycles. The number of amides is 1. The van der Waals surface area contributed by atoms with Crippen molar-refractivity contribution < 1.29 is 9.90 Å². The van der Waals surface area contributed by atoms with Gasteiger partial charge in [0.2, 0.25) is 5.91 Å². The molecule has 1 aliphatic heterocycles. The highest BCUT2D eigenvalue weighted by Gasteiger charge is 2.20. The number of aliphatic hydroxyl groups is 1. The number of carbonyl (C=O) groups excluding carboxylic acids is 1. The van der Waals surface area contributed by atoms with E-state index in [1.54, 1.807) is 10.9 Å². The number of rotatable bonds is 3. The van der Waals surface area contributed by atoms with E-state index >= 15 is 0 Å². The van der Waals surface area contributed by atoms with Crippen molar-refractivity contribution in [2.24, 2.45) is 5.10 Å². The third kappa shape index (κ3) is 3.49. The molecule has 1 aliphatic rings. The first kappa shape index (κ1) is 17.5. The number of hydrogen-bond donors (Lipinski definition) is 2. The van der Waals surface area contributed by atoms with Gasteiger partial charge in [-0.2, -0.15) is 5.10 Å². The first-order valence-corrected chi connectivity index (χ1v) is 8.85. The Kier molecular flexibility index (Phi) is 4.51. The van der Waals surface area contributed by atoms with Crippen molar-refractivity contribution in [1.82, 2.24) is 9.66 Å². The summed E-state index contributed by atoms with van der Waals surface area (Å²) in [6.07, 6.45) is 2.32. The van der Waals surface area contributed by atoms with Gasteiger partial charge in [-0.3, -0.25) is 4.79 Å². The van der Waals surface area contributed by atoms with Gasteiger partial charge in [-0.25, -0.2) is 9.66 Å². The van der Waals surface area contributed by atoms with Crippen molar-refractivity contribution in [1.29, 1.82) is 0 Å². The quantitative estimate of drug-likeness (QED) is 0.572. The van der Waals surface area contributed by atoms with Crippen LogP contribution in [0.2, 0.25) is 5.02 Å². The van der Waals surface area contributed by atoms with Crippen LogP contribution in [0.4, 0.5) is 5.69 Å². The van der Waals surface area contributed by atoms with Crippen LogP contribution in [0.15, 0.2) is 53.8 Å². The minimum atomic E-state index is -0.135. The average molecular weight is 381 g/mol. The lowest BCUT2D eigenvalue weighted by Gasteiger charge is -2.11. The normalized spacial score (nSPS) is 12.6. The molecule has 136 valence electrons. The molecule has 27 heavy (non-hydrogen) atoms. The van der Waals surface area contributed by atoms with E-state index in [1.165, 1.54) is 6.92 Å². The zero-order valence-electron chi connectivity index (χ0n) is 14.6. The van der Waals surface area contributed by atoms with Gasteiger partial charge in [-0.05, 0) is 29.8 Å². The molecule has 0 radical (unpaired) electrons. The average Bonchev–Trinajstić information content (AvgIpc) is 2.97. The Hall–Kier alpha value is -2.96. The maximum absolute atomic E-state index is 11.2. The summed E-state index contributed by atoms with van der Waals surface area (Å²) in [6, 6.07) is 13.2. The molecule has 0 aliphatic carbocycles. The third-order valence-corrected chi connectivity index (χ3v) is 4.57. The second-order valence-electron chi connectivity index (χ2n) is 6.34. The Labute approximate surface area is 161 Å². The molecule has 1 amide bonds. The van der Waals surface area contributed by atoms with Crippen LogP contribution in [-0.4, -0.2) is 26.4 Å². The van der Waals surface area contributed by atoms with Gasteiger partial charge in [-0.1, -0.05) is 29.8 Å². The molecule has 7 heteroatoms. The first-order chi connectivity index (χ1) is 13.0. The highest BCUT2D eigenvalue weighted by molar-refractivity contribution is 6.31. The van der Waals surface area contributed by atoms with Crippen molar-refractivity contribution in [2.45, 2.75) is 20.0 Å². The molecule has 2 N–H and O–H groups in total. The smallest absolute Gasteiger partial charge is 0.221 e. The van der Waals surface area contributed by atoms with E-state index in [0.29, 0.717) is 17.1 Å². The number of nitrogens with one attached hydrogen (secondary N) is 1. The third-order valence-electron chi connectivity index (χ3n) is 4.33. The van der Waals surface area contributed by atoms with Crippen molar-refractivity contribution in [3.8, 4) is 0 Å². The van der Waals surface area contributed by atoms with Crippen LogP contribution >= 0.6 is 11.6 Å². The number of carbonyl (C=O) groups is 1. The molecule has 0 fully saturated rings. The van der Waals surface area contributed by atoms with Crippen LogP contribution in [-0.2, 0) is 17.8 Å². The molecular weight excluding hydrogens is 364 g/mol. The van der Waals surface area contributed by atoms with Gasteiger partial charge in [0.1, 0.15) is 5.82 Å². The first-order valence-electron chi connectivity index (χ1n) is 8.47. The SMILES string of the molecule is CC(=O)Nc1ccc(C2=Nn3cc(CO)nc3Cc3ccc(Cl)cc32)cc1. The molecule has 0 spiro atoms. The van der Waals surface area contributed by atoms with Gasteiger partial charge < -0.3 is 10.4 Å². The lowest BCUT2D eigenvalue weighted by Crippen LogP contribution is -2.08. The number of nitrogens with zero attached hydrogens (tertiary/aromatic N) is 3. The molecular formula is C20H17ClN4O2. The number of halogens is 1. The second kappa shape index (κ2) is 6.98. The molecule has 0 bridgehead atoms. The van der Waals surface area contributed by atoms with Crippen molar-refractivity contribution in [2.75, 3.05) is 5.32 Å². The molecule has 4 rings (SSSR count). The molecule has 0 saturated carbocycles. The number of imidazole rings is 1. The van der Waals surface area contributed by atoms with Gasteiger partial charge in [-0.15, -0.1) is 0 Å². The minimum absolute atomic E-state index is 0.119. The van der Waals surface area contributed by atoms with Gasteiger partial charge in [0.05, 0.1) is 24.2 Å². The fraction of sp³-hybridized carbons (Fsp3) is 0.150. The van der Waals surface area contributed by atoms with Gasteiger partial charge in [0.15, 0.2) is 0 Å². The van der Waals surface area contributed by atoms with Gasteiger partial charge in [0.25, 0.3) is 0 Å². The van der Waals surface area contributed by atoms with Crippen LogP contribution < -0.4 is 5.32 Å². The van der Waals surface area contributed by atoms with Crippen molar-refractivity contribution in [3.05, 3.63) is 81.9 Å². The summed E-state index contributed by atoms with van der Waals surface area (Å²) in [5, 5.41) is 17.6. The van der Waals surface area contributed by atoms with E-state index < -0.39 is 0 Å². The topological polar surface area (TPSA) is 79.5 Å². The van der Waals surface area contributed by atoms with E-state index in [-0.39, 0.29) is 12.5 Å². The van der Waals surface area contributed by atoms with Crippen LogP contribution in [0.5, 0.6) is 0 Å².